The summed E-state index contributed by atoms with van der Waals surface area (Å²) in [6.07, 6.45) is -0.537. The van der Waals surface area contributed by atoms with Crippen LogP contribution in [0.1, 0.15) is 0 Å². The Morgan fingerprint density at radius 3 is 2.67 bits per heavy atom. The maximum absolute atomic E-state index is 11.2. The summed E-state index contributed by atoms with van der Waals surface area (Å²) < 4.78 is 10.0. The van der Waals surface area contributed by atoms with Gasteiger partial charge in [-0.15, -0.1) is 0 Å². The van der Waals surface area contributed by atoms with Gasteiger partial charge in [-0.25, -0.2) is 4.79 Å². The van der Waals surface area contributed by atoms with Crippen LogP contribution in [0.4, 0.5) is 4.79 Å². The van der Waals surface area contributed by atoms with Crippen LogP contribution in [0.5, 0.6) is 11.5 Å². The third-order valence-corrected chi connectivity index (χ3v) is 1.69. The number of carbonyl (C=O) groups is 1. The maximum atomic E-state index is 11.2. The lowest BCUT2D eigenvalue weighted by Gasteiger charge is -2.08. The molecule has 1 aromatic rings. The van der Waals surface area contributed by atoms with Crippen molar-refractivity contribution in [2.75, 3.05) is 20.2 Å². The fourth-order valence-corrected chi connectivity index (χ4v) is 1.01. The van der Waals surface area contributed by atoms with Gasteiger partial charge in [0, 0.05) is 13.1 Å². The van der Waals surface area contributed by atoms with E-state index in [2.05, 4.69) is 5.32 Å². The summed E-state index contributed by atoms with van der Waals surface area (Å²) in [5.41, 5.74) is 5.23. The Hall–Kier alpha value is -1.75. The molecule has 82 valence electrons. The number of ether oxygens (including phenoxy) is 2. The van der Waals surface area contributed by atoms with E-state index in [9.17, 15) is 4.79 Å². The van der Waals surface area contributed by atoms with Gasteiger partial charge in [-0.1, -0.05) is 12.1 Å². The van der Waals surface area contributed by atoms with Crippen LogP contribution in [0.25, 0.3) is 0 Å². The summed E-state index contributed by atoms with van der Waals surface area (Å²) in [6, 6.07) is 6.92. The predicted molar refractivity (Wildman–Crippen MR) is 56.1 cm³/mol. The molecular formula is C10H14N2O3. The zero-order valence-electron chi connectivity index (χ0n) is 8.53. The lowest BCUT2D eigenvalue weighted by atomic mass is 10.3. The Morgan fingerprint density at radius 2 is 2.07 bits per heavy atom. The number of rotatable bonds is 4. The standard InChI is InChI=1S/C10H14N2O3/c1-14-8-4-2-3-5-9(8)15-10(13)12-7-6-11/h2-5H,6-7,11H2,1H3,(H,12,13). The second kappa shape index (κ2) is 5.87. The smallest absolute Gasteiger partial charge is 0.412 e. The van der Waals surface area contributed by atoms with Crippen LogP contribution in [0.15, 0.2) is 24.3 Å². The van der Waals surface area contributed by atoms with Crippen molar-refractivity contribution in [1.82, 2.24) is 5.32 Å². The Morgan fingerprint density at radius 1 is 1.40 bits per heavy atom. The van der Waals surface area contributed by atoms with Crippen LogP contribution < -0.4 is 20.5 Å². The first-order valence-corrected chi connectivity index (χ1v) is 4.56. The topological polar surface area (TPSA) is 73.6 Å². The average molecular weight is 210 g/mol. The number of hydrogen-bond acceptors (Lipinski definition) is 4. The second-order valence-corrected chi connectivity index (χ2v) is 2.76. The molecule has 0 spiro atoms. The summed E-state index contributed by atoms with van der Waals surface area (Å²) in [5, 5.41) is 2.49. The zero-order valence-corrected chi connectivity index (χ0v) is 8.53. The minimum absolute atomic E-state index is 0.376. The van der Waals surface area contributed by atoms with Crippen molar-refractivity contribution in [2.45, 2.75) is 0 Å². The molecule has 5 nitrogen and oxygen atoms in total. The minimum Gasteiger partial charge on any atom is -0.493 e. The number of para-hydroxylation sites is 2. The molecule has 0 radical (unpaired) electrons. The molecule has 0 heterocycles. The van der Waals surface area contributed by atoms with E-state index < -0.39 is 6.09 Å². The molecule has 0 fully saturated rings. The molecule has 0 saturated carbocycles. The summed E-state index contributed by atoms with van der Waals surface area (Å²) in [6.45, 7) is 0.759. The van der Waals surface area contributed by atoms with E-state index in [0.29, 0.717) is 24.6 Å². The van der Waals surface area contributed by atoms with Gasteiger partial charge in [0.25, 0.3) is 0 Å². The molecule has 0 aliphatic heterocycles. The maximum Gasteiger partial charge on any atom is 0.412 e. The van der Waals surface area contributed by atoms with E-state index in [-0.39, 0.29) is 0 Å². The van der Waals surface area contributed by atoms with E-state index in [4.69, 9.17) is 15.2 Å². The van der Waals surface area contributed by atoms with Crippen molar-refractivity contribution >= 4 is 6.09 Å². The van der Waals surface area contributed by atoms with E-state index >= 15 is 0 Å². The van der Waals surface area contributed by atoms with Crippen molar-refractivity contribution < 1.29 is 14.3 Å². The molecule has 3 N–H and O–H groups in total. The minimum atomic E-state index is -0.537. The number of carbonyl (C=O) groups excluding carboxylic acids is 1. The first kappa shape index (κ1) is 11.3. The van der Waals surface area contributed by atoms with Gasteiger partial charge >= 0.3 is 6.09 Å². The van der Waals surface area contributed by atoms with Crippen LogP contribution in [-0.2, 0) is 0 Å². The molecule has 1 aromatic carbocycles. The molecule has 0 aromatic heterocycles. The van der Waals surface area contributed by atoms with E-state index in [0.717, 1.165) is 0 Å². The molecule has 0 unspecified atom stereocenters. The van der Waals surface area contributed by atoms with Crippen LogP contribution >= 0.6 is 0 Å². The fraction of sp³-hybridized carbons (Fsp3) is 0.300. The van der Waals surface area contributed by atoms with Gasteiger partial charge < -0.3 is 20.5 Å². The predicted octanol–water partition coefficient (Wildman–Crippen LogP) is 0.742. The number of amides is 1. The highest BCUT2D eigenvalue weighted by molar-refractivity contribution is 5.71. The fourth-order valence-electron chi connectivity index (χ4n) is 1.01. The lowest BCUT2D eigenvalue weighted by Crippen LogP contribution is -2.31. The summed E-state index contributed by atoms with van der Waals surface area (Å²) >= 11 is 0. The third-order valence-electron chi connectivity index (χ3n) is 1.69. The third kappa shape index (κ3) is 3.47. The first-order chi connectivity index (χ1) is 7.27. The van der Waals surface area contributed by atoms with Crippen LogP contribution in [-0.4, -0.2) is 26.3 Å². The summed E-state index contributed by atoms with van der Waals surface area (Å²) in [7, 11) is 1.51. The Kier molecular flexibility index (Phi) is 4.43. The van der Waals surface area contributed by atoms with Gasteiger partial charge in [0.1, 0.15) is 0 Å². The van der Waals surface area contributed by atoms with Gasteiger partial charge in [-0.2, -0.15) is 0 Å². The van der Waals surface area contributed by atoms with Crippen LogP contribution in [0.3, 0.4) is 0 Å². The molecule has 1 rings (SSSR count). The molecule has 5 heteroatoms. The largest absolute Gasteiger partial charge is 0.493 e. The van der Waals surface area contributed by atoms with Gasteiger partial charge in [0.05, 0.1) is 7.11 Å². The molecular weight excluding hydrogens is 196 g/mol. The molecule has 15 heavy (non-hydrogen) atoms. The van der Waals surface area contributed by atoms with Crippen LogP contribution in [0, 0.1) is 0 Å². The van der Waals surface area contributed by atoms with E-state index in [1.807, 2.05) is 0 Å². The molecule has 0 aliphatic rings. The van der Waals surface area contributed by atoms with Crippen molar-refractivity contribution in [3.63, 3.8) is 0 Å². The molecule has 0 bridgehead atoms. The molecule has 1 amide bonds. The van der Waals surface area contributed by atoms with Crippen molar-refractivity contribution in [2.24, 2.45) is 5.73 Å². The van der Waals surface area contributed by atoms with Crippen molar-refractivity contribution in [1.29, 1.82) is 0 Å². The Balaban J connectivity index is 2.59. The lowest BCUT2D eigenvalue weighted by molar-refractivity contribution is 0.198. The Labute approximate surface area is 88.2 Å². The number of nitrogens with one attached hydrogen (secondary N) is 1. The van der Waals surface area contributed by atoms with Crippen molar-refractivity contribution in [3.8, 4) is 11.5 Å². The second-order valence-electron chi connectivity index (χ2n) is 2.76. The van der Waals surface area contributed by atoms with E-state index in [1.54, 1.807) is 24.3 Å². The first-order valence-electron chi connectivity index (χ1n) is 4.56. The van der Waals surface area contributed by atoms with Gasteiger partial charge in [-0.3, -0.25) is 0 Å². The zero-order chi connectivity index (χ0) is 11.1. The van der Waals surface area contributed by atoms with Crippen molar-refractivity contribution in [3.05, 3.63) is 24.3 Å². The number of benzene rings is 1. The monoisotopic (exact) mass is 210 g/mol. The number of hydrogen-bond donors (Lipinski definition) is 2. The molecule has 0 aliphatic carbocycles. The van der Waals surface area contributed by atoms with Gasteiger partial charge in [-0.05, 0) is 12.1 Å². The summed E-state index contributed by atoms with van der Waals surface area (Å²) in [4.78, 5) is 11.2. The highest BCUT2D eigenvalue weighted by atomic mass is 16.6. The number of methoxy groups -OCH3 is 1. The Bertz CT molecular complexity index is 328. The normalized spacial score (nSPS) is 9.47. The summed E-state index contributed by atoms with van der Waals surface area (Å²) in [5.74, 6) is 0.898. The molecule has 0 saturated heterocycles. The van der Waals surface area contributed by atoms with Crippen LogP contribution in [0.2, 0.25) is 0 Å². The highest BCUT2D eigenvalue weighted by Crippen LogP contribution is 2.25. The highest BCUT2D eigenvalue weighted by Gasteiger charge is 2.07. The quantitative estimate of drug-likeness (QED) is 0.768. The van der Waals surface area contributed by atoms with Gasteiger partial charge in [0.2, 0.25) is 0 Å². The van der Waals surface area contributed by atoms with Gasteiger partial charge in [0.15, 0.2) is 11.5 Å². The molecule has 0 atom stereocenters. The SMILES string of the molecule is COc1ccccc1OC(=O)NCCN. The van der Waals surface area contributed by atoms with E-state index in [1.165, 1.54) is 7.11 Å². The number of nitrogens with two attached hydrogens (primary N) is 1. The average Bonchev–Trinajstić information content (AvgIpc) is 2.27.